The molecule has 2 heterocycles. The van der Waals surface area contributed by atoms with Gasteiger partial charge in [-0.3, -0.25) is 9.58 Å². The highest BCUT2D eigenvalue weighted by molar-refractivity contribution is 6.31. The Kier molecular flexibility index (Phi) is 3.91. The number of nitrogens with zero attached hydrogens (tertiary/aromatic N) is 3. The lowest BCUT2D eigenvalue weighted by Gasteiger charge is -2.15. The van der Waals surface area contributed by atoms with E-state index in [0.717, 1.165) is 54.7 Å². The molecule has 1 aliphatic rings. The standard InChI is InChI=1S/C16H21ClN4/c1-3-14-16(17)15(21(4-2)19-14)10-20-8-11-5-6-13(18)7-12(11)9-20/h5-7H,3-4,8-10,18H2,1-2H3. The van der Waals surface area contributed by atoms with Gasteiger partial charge in [0.25, 0.3) is 0 Å². The molecule has 0 atom stereocenters. The number of nitrogen functional groups attached to an aromatic ring is 1. The second-order valence-corrected chi connectivity index (χ2v) is 5.93. The fourth-order valence-corrected chi connectivity index (χ4v) is 3.31. The zero-order valence-electron chi connectivity index (χ0n) is 12.6. The number of hydrogen-bond donors (Lipinski definition) is 1. The fourth-order valence-electron chi connectivity index (χ4n) is 2.98. The first-order valence-corrected chi connectivity index (χ1v) is 7.83. The summed E-state index contributed by atoms with van der Waals surface area (Å²) in [6.45, 7) is 7.74. The van der Waals surface area contributed by atoms with Crippen LogP contribution in [0, 0.1) is 0 Å². The van der Waals surface area contributed by atoms with Gasteiger partial charge >= 0.3 is 0 Å². The van der Waals surface area contributed by atoms with Crippen LogP contribution in [0.15, 0.2) is 18.2 Å². The molecule has 0 saturated carbocycles. The predicted octanol–water partition coefficient (Wildman–Crippen LogP) is 3.22. The van der Waals surface area contributed by atoms with E-state index in [1.165, 1.54) is 11.1 Å². The zero-order valence-corrected chi connectivity index (χ0v) is 13.3. The first-order chi connectivity index (χ1) is 10.1. The van der Waals surface area contributed by atoms with Crippen LogP contribution in [-0.4, -0.2) is 14.7 Å². The van der Waals surface area contributed by atoms with E-state index in [2.05, 4.69) is 36.0 Å². The van der Waals surface area contributed by atoms with Crippen LogP contribution < -0.4 is 5.73 Å². The van der Waals surface area contributed by atoms with Crippen molar-refractivity contribution in [2.75, 3.05) is 5.73 Å². The molecule has 5 heteroatoms. The Morgan fingerprint density at radius 1 is 1.24 bits per heavy atom. The molecule has 0 unspecified atom stereocenters. The van der Waals surface area contributed by atoms with Crippen LogP contribution in [0.3, 0.4) is 0 Å². The van der Waals surface area contributed by atoms with Crippen LogP contribution in [0.1, 0.15) is 36.4 Å². The Balaban J connectivity index is 1.81. The Morgan fingerprint density at radius 3 is 2.71 bits per heavy atom. The number of aromatic nitrogens is 2. The molecule has 1 aromatic heterocycles. The van der Waals surface area contributed by atoms with E-state index in [0.29, 0.717) is 0 Å². The van der Waals surface area contributed by atoms with Gasteiger partial charge < -0.3 is 5.73 Å². The largest absolute Gasteiger partial charge is 0.399 e. The van der Waals surface area contributed by atoms with Crippen molar-refractivity contribution in [2.45, 2.75) is 46.4 Å². The lowest BCUT2D eigenvalue weighted by Crippen LogP contribution is -2.18. The number of nitrogens with two attached hydrogens (primary N) is 1. The summed E-state index contributed by atoms with van der Waals surface area (Å²) in [5, 5.41) is 5.42. The minimum atomic E-state index is 0.828. The molecule has 3 rings (SSSR count). The van der Waals surface area contributed by atoms with Crippen LogP contribution in [0.5, 0.6) is 0 Å². The SMILES string of the molecule is CCc1nn(CC)c(CN2Cc3ccc(N)cc3C2)c1Cl. The first-order valence-electron chi connectivity index (χ1n) is 7.46. The molecule has 0 radical (unpaired) electrons. The second kappa shape index (κ2) is 5.70. The van der Waals surface area contributed by atoms with Gasteiger partial charge in [0, 0.05) is 31.9 Å². The molecule has 2 N–H and O–H groups in total. The van der Waals surface area contributed by atoms with Crippen LogP contribution in [0.2, 0.25) is 5.02 Å². The Morgan fingerprint density at radius 2 is 2.00 bits per heavy atom. The van der Waals surface area contributed by atoms with Gasteiger partial charge in [0.05, 0.1) is 16.4 Å². The van der Waals surface area contributed by atoms with Crippen LogP contribution in [-0.2, 0) is 32.6 Å². The van der Waals surface area contributed by atoms with E-state index in [1.54, 1.807) is 0 Å². The van der Waals surface area contributed by atoms with Crippen LogP contribution in [0.25, 0.3) is 0 Å². The number of hydrogen-bond acceptors (Lipinski definition) is 3. The van der Waals surface area contributed by atoms with Crippen molar-refractivity contribution >= 4 is 17.3 Å². The highest BCUT2D eigenvalue weighted by Crippen LogP contribution is 2.29. The smallest absolute Gasteiger partial charge is 0.0863 e. The van der Waals surface area contributed by atoms with Crippen molar-refractivity contribution in [3.05, 3.63) is 45.7 Å². The molecule has 21 heavy (non-hydrogen) atoms. The summed E-state index contributed by atoms with van der Waals surface area (Å²) in [5.74, 6) is 0. The zero-order chi connectivity index (χ0) is 15.0. The topological polar surface area (TPSA) is 47.1 Å². The molecule has 4 nitrogen and oxygen atoms in total. The lowest BCUT2D eigenvalue weighted by atomic mass is 10.1. The van der Waals surface area contributed by atoms with E-state index in [4.69, 9.17) is 17.3 Å². The van der Waals surface area contributed by atoms with E-state index in [1.807, 2.05) is 10.7 Å². The summed E-state index contributed by atoms with van der Waals surface area (Å²) in [6, 6.07) is 6.17. The van der Waals surface area contributed by atoms with Gasteiger partial charge in [0.15, 0.2) is 0 Å². The highest BCUT2D eigenvalue weighted by Gasteiger charge is 2.22. The van der Waals surface area contributed by atoms with Gasteiger partial charge in [-0.1, -0.05) is 24.6 Å². The molecule has 2 aromatic rings. The number of fused-ring (bicyclic) bond motifs is 1. The maximum atomic E-state index is 6.49. The average molecular weight is 305 g/mol. The van der Waals surface area contributed by atoms with Gasteiger partial charge in [-0.05, 0) is 36.6 Å². The van der Waals surface area contributed by atoms with Gasteiger partial charge in [-0.25, -0.2) is 0 Å². The molecule has 1 aliphatic heterocycles. The summed E-state index contributed by atoms with van der Waals surface area (Å²) in [6.07, 6.45) is 0.871. The monoisotopic (exact) mass is 304 g/mol. The normalized spacial score (nSPS) is 14.6. The first kappa shape index (κ1) is 14.4. The van der Waals surface area contributed by atoms with Crippen molar-refractivity contribution in [1.29, 1.82) is 0 Å². The van der Waals surface area contributed by atoms with Crippen molar-refractivity contribution in [3.8, 4) is 0 Å². The van der Waals surface area contributed by atoms with Crippen molar-refractivity contribution in [3.63, 3.8) is 0 Å². The lowest BCUT2D eigenvalue weighted by molar-refractivity contribution is 0.266. The number of aryl methyl sites for hydroxylation is 2. The third kappa shape index (κ3) is 2.65. The molecule has 112 valence electrons. The van der Waals surface area contributed by atoms with Gasteiger partial charge in [0.1, 0.15) is 0 Å². The van der Waals surface area contributed by atoms with Crippen molar-refractivity contribution < 1.29 is 0 Å². The Labute approximate surface area is 130 Å². The minimum absolute atomic E-state index is 0.828. The summed E-state index contributed by atoms with van der Waals surface area (Å²) in [7, 11) is 0. The molecule has 0 aliphatic carbocycles. The maximum Gasteiger partial charge on any atom is 0.0863 e. The molecule has 0 fully saturated rings. The molecule has 0 amide bonds. The van der Waals surface area contributed by atoms with Crippen molar-refractivity contribution in [1.82, 2.24) is 14.7 Å². The minimum Gasteiger partial charge on any atom is -0.399 e. The molecular weight excluding hydrogens is 284 g/mol. The van der Waals surface area contributed by atoms with Gasteiger partial charge in [-0.15, -0.1) is 0 Å². The van der Waals surface area contributed by atoms with E-state index in [-0.39, 0.29) is 0 Å². The van der Waals surface area contributed by atoms with Gasteiger partial charge in [-0.2, -0.15) is 5.10 Å². The predicted molar refractivity (Wildman–Crippen MR) is 86.1 cm³/mol. The van der Waals surface area contributed by atoms with Crippen molar-refractivity contribution in [2.24, 2.45) is 0 Å². The maximum absolute atomic E-state index is 6.49. The average Bonchev–Trinajstić information content (AvgIpc) is 3.00. The number of rotatable bonds is 4. The van der Waals surface area contributed by atoms with Gasteiger partial charge in [0.2, 0.25) is 0 Å². The number of benzene rings is 1. The number of anilines is 1. The van der Waals surface area contributed by atoms with E-state index >= 15 is 0 Å². The Hall–Kier alpha value is -1.52. The van der Waals surface area contributed by atoms with Crippen LogP contribution in [0.4, 0.5) is 5.69 Å². The molecular formula is C16H21ClN4. The second-order valence-electron chi connectivity index (χ2n) is 5.55. The highest BCUT2D eigenvalue weighted by atomic mass is 35.5. The Bertz CT molecular complexity index is 663. The quantitative estimate of drug-likeness (QED) is 0.882. The molecule has 0 bridgehead atoms. The fraction of sp³-hybridized carbons (Fsp3) is 0.438. The summed E-state index contributed by atoms with van der Waals surface area (Å²) in [4.78, 5) is 2.39. The third-order valence-electron chi connectivity index (χ3n) is 4.09. The molecule has 1 aromatic carbocycles. The molecule has 0 saturated heterocycles. The van der Waals surface area contributed by atoms with E-state index < -0.39 is 0 Å². The molecule has 0 spiro atoms. The summed E-state index contributed by atoms with van der Waals surface area (Å²) < 4.78 is 2.03. The summed E-state index contributed by atoms with van der Waals surface area (Å²) >= 11 is 6.49. The third-order valence-corrected chi connectivity index (χ3v) is 4.52. The van der Waals surface area contributed by atoms with E-state index in [9.17, 15) is 0 Å². The summed E-state index contributed by atoms with van der Waals surface area (Å²) in [5.41, 5.74) is 11.5. The van der Waals surface area contributed by atoms with Crippen LogP contribution >= 0.6 is 11.6 Å². The number of halogens is 1.